The summed E-state index contributed by atoms with van der Waals surface area (Å²) < 4.78 is 4.83. The van der Waals surface area contributed by atoms with E-state index >= 15 is 0 Å². The molecule has 5 heteroatoms. The lowest BCUT2D eigenvalue weighted by atomic mass is 10.5. The van der Waals surface area contributed by atoms with Gasteiger partial charge in [0, 0.05) is 13.1 Å². The van der Waals surface area contributed by atoms with Crippen molar-refractivity contribution in [3.05, 3.63) is 18.0 Å². The van der Waals surface area contributed by atoms with Crippen LogP contribution in [0.4, 0.5) is 0 Å². The van der Waals surface area contributed by atoms with E-state index in [2.05, 4.69) is 15.8 Å². The molecule has 0 unspecified atom stereocenters. The Bertz CT molecular complexity index is 222. The van der Waals surface area contributed by atoms with Gasteiger partial charge in [-0.15, -0.1) is 0 Å². The molecule has 0 fully saturated rings. The maximum atomic E-state index is 4.84. The van der Waals surface area contributed by atoms with Crippen molar-refractivity contribution < 1.29 is 4.52 Å². The molecule has 0 aliphatic rings. The highest BCUT2D eigenvalue weighted by molar-refractivity contribution is 7.80. The maximum absolute atomic E-state index is 4.84. The standard InChI is InChI=1S/C6H9N3OS/c1-7-6(11)8-4-5-2-3-9-10-5/h2-3H,4H2,1H3,(H2,7,8,11). The van der Waals surface area contributed by atoms with Crippen LogP contribution in [-0.4, -0.2) is 17.3 Å². The highest BCUT2D eigenvalue weighted by atomic mass is 32.1. The summed E-state index contributed by atoms with van der Waals surface area (Å²) in [4.78, 5) is 0. The molecule has 0 saturated carbocycles. The van der Waals surface area contributed by atoms with E-state index < -0.39 is 0 Å². The zero-order valence-electron chi connectivity index (χ0n) is 6.13. The molecule has 11 heavy (non-hydrogen) atoms. The first kappa shape index (κ1) is 8.00. The summed E-state index contributed by atoms with van der Waals surface area (Å²) >= 11 is 4.84. The monoisotopic (exact) mass is 171 g/mol. The number of rotatable bonds is 2. The summed E-state index contributed by atoms with van der Waals surface area (Å²) in [6.07, 6.45) is 1.60. The minimum absolute atomic E-state index is 0.569. The van der Waals surface area contributed by atoms with E-state index in [1.165, 1.54) is 0 Å². The molecule has 0 amide bonds. The number of aromatic nitrogens is 1. The Morgan fingerprint density at radius 1 is 1.82 bits per heavy atom. The number of thiocarbonyl (C=S) groups is 1. The van der Waals surface area contributed by atoms with Crippen LogP contribution >= 0.6 is 12.2 Å². The molecule has 0 atom stereocenters. The van der Waals surface area contributed by atoms with Gasteiger partial charge in [-0.05, 0) is 12.2 Å². The van der Waals surface area contributed by atoms with Gasteiger partial charge in [0.2, 0.25) is 0 Å². The van der Waals surface area contributed by atoms with Gasteiger partial charge in [0.15, 0.2) is 10.9 Å². The number of nitrogens with one attached hydrogen (secondary N) is 2. The molecule has 0 aromatic carbocycles. The summed E-state index contributed by atoms with van der Waals surface area (Å²) in [6, 6.07) is 1.78. The Labute approximate surface area is 70.0 Å². The highest BCUT2D eigenvalue weighted by Crippen LogP contribution is 1.93. The van der Waals surface area contributed by atoms with Crippen molar-refractivity contribution >= 4 is 17.3 Å². The van der Waals surface area contributed by atoms with Crippen molar-refractivity contribution in [3.8, 4) is 0 Å². The molecule has 0 spiro atoms. The topological polar surface area (TPSA) is 50.1 Å². The lowest BCUT2D eigenvalue weighted by molar-refractivity contribution is 0.380. The number of hydrogen-bond acceptors (Lipinski definition) is 3. The van der Waals surface area contributed by atoms with Crippen molar-refractivity contribution in [2.75, 3.05) is 7.05 Å². The summed E-state index contributed by atoms with van der Waals surface area (Å²) in [5.74, 6) is 0.766. The van der Waals surface area contributed by atoms with Crippen LogP contribution in [0.2, 0.25) is 0 Å². The van der Waals surface area contributed by atoms with Gasteiger partial charge in [-0.1, -0.05) is 5.16 Å². The van der Waals surface area contributed by atoms with Crippen molar-refractivity contribution in [1.82, 2.24) is 15.8 Å². The van der Waals surface area contributed by atoms with E-state index in [1.807, 2.05) is 0 Å². The largest absolute Gasteiger partial charge is 0.366 e. The Kier molecular flexibility index (Phi) is 2.85. The molecular weight excluding hydrogens is 162 g/mol. The molecule has 4 nitrogen and oxygen atoms in total. The third-order valence-electron chi connectivity index (χ3n) is 1.14. The van der Waals surface area contributed by atoms with Gasteiger partial charge in [0.25, 0.3) is 0 Å². The van der Waals surface area contributed by atoms with E-state index in [0.29, 0.717) is 11.7 Å². The lowest BCUT2D eigenvalue weighted by Gasteiger charge is -2.02. The smallest absolute Gasteiger partial charge is 0.166 e. The van der Waals surface area contributed by atoms with E-state index in [-0.39, 0.29) is 0 Å². The third-order valence-corrected chi connectivity index (χ3v) is 1.49. The Morgan fingerprint density at radius 2 is 2.64 bits per heavy atom. The first-order valence-electron chi connectivity index (χ1n) is 3.18. The van der Waals surface area contributed by atoms with E-state index in [0.717, 1.165) is 5.76 Å². The normalized spacial score (nSPS) is 9.18. The molecule has 0 radical (unpaired) electrons. The van der Waals surface area contributed by atoms with Crippen LogP contribution in [0.3, 0.4) is 0 Å². The van der Waals surface area contributed by atoms with Gasteiger partial charge < -0.3 is 15.2 Å². The molecule has 2 N–H and O–H groups in total. The van der Waals surface area contributed by atoms with Crippen LogP contribution in [-0.2, 0) is 6.54 Å². The molecule has 1 aromatic rings. The van der Waals surface area contributed by atoms with Crippen LogP contribution in [0, 0.1) is 0 Å². The second kappa shape index (κ2) is 3.92. The van der Waals surface area contributed by atoms with Crippen LogP contribution in [0.15, 0.2) is 16.8 Å². The van der Waals surface area contributed by atoms with Crippen molar-refractivity contribution in [3.63, 3.8) is 0 Å². The lowest BCUT2D eigenvalue weighted by Crippen LogP contribution is -2.31. The molecular formula is C6H9N3OS. The molecule has 60 valence electrons. The van der Waals surface area contributed by atoms with Crippen LogP contribution in [0.25, 0.3) is 0 Å². The summed E-state index contributed by atoms with van der Waals surface area (Å²) in [5.41, 5.74) is 0. The molecule has 0 bridgehead atoms. The molecule has 0 aliphatic heterocycles. The zero-order valence-corrected chi connectivity index (χ0v) is 6.94. The minimum Gasteiger partial charge on any atom is -0.366 e. The number of nitrogens with zero attached hydrogens (tertiary/aromatic N) is 1. The van der Waals surface area contributed by atoms with Gasteiger partial charge >= 0.3 is 0 Å². The molecule has 1 rings (SSSR count). The van der Waals surface area contributed by atoms with Gasteiger partial charge in [-0.25, -0.2) is 0 Å². The van der Waals surface area contributed by atoms with Crippen molar-refractivity contribution in [2.24, 2.45) is 0 Å². The Balaban J connectivity index is 2.29. The fourth-order valence-corrected chi connectivity index (χ4v) is 0.661. The zero-order chi connectivity index (χ0) is 8.10. The maximum Gasteiger partial charge on any atom is 0.166 e. The van der Waals surface area contributed by atoms with Crippen LogP contribution < -0.4 is 10.6 Å². The van der Waals surface area contributed by atoms with E-state index in [1.54, 1.807) is 19.3 Å². The predicted octanol–water partition coefficient (Wildman–Crippen LogP) is 0.268. The molecule has 1 aromatic heterocycles. The van der Waals surface area contributed by atoms with Gasteiger partial charge in [0.1, 0.15) is 0 Å². The quantitative estimate of drug-likeness (QED) is 0.625. The highest BCUT2D eigenvalue weighted by Gasteiger charge is 1.96. The van der Waals surface area contributed by atoms with Crippen LogP contribution in [0.1, 0.15) is 5.76 Å². The fourth-order valence-electron chi connectivity index (χ4n) is 0.589. The van der Waals surface area contributed by atoms with Gasteiger partial charge in [0.05, 0.1) is 12.7 Å². The fraction of sp³-hybridized carbons (Fsp3) is 0.333. The molecule has 1 heterocycles. The first-order chi connectivity index (χ1) is 5.33. The second-order valence-corrected chi connectivity index (χ2v) is 2.32. The SMILES string of the molecule is CNC(=S)NCc1ccno1. The summed E-state index contributed by atoms with van der Waals surface area (Å²) in [6.45, 7) is 0.569. The average molecular weight is 171 g/mol. The van der Waals surface area contributed by atoms with E-state index in [9.17, 15) is 0 Å². The summed E-state index contributed by atoms with van der Waals surface area (Å²) in [5, 5.41) is 9.85. The minimum atomic E-state index is 0.569. The Hall–Kier alpha value is -1.10. The average Bonchev–Trinajstić information content (AvgIpc) is 2.52. The Morgan fingerprint density at radius 3 is 3.18 bits per heavy atom. The third kappa shape index (κ3) is 2.55. The predicted molar refractivity (Wildman–Crippen MR) is 45.0 cm³/mol. The van der Waals surface area contributed by atoms with Gasteiger partial charge in [-0.3, -0.25) is 0 Å². The molecule has 0 saturated heterocycles. The van der Waals surface area contributed by atoms with Crippen molar-refractivity contribution in [2.45, 2.75) is 6.54 Å². The van der Waals surface area contributed by atoms with E-state index in [4.69, 9.17) is 16.7 Å². The van der Waals surface area contributed by atoms with Crippen molar-refractivity contribution in [1.29, 1.82) is 0 Å². The number of hydrogen-bond donors (Lipinski definition) is 2. The van der Waals surface area contributed by atoms with Crippen LogP contribution in [0.5, 0.6) is 0 Å². The molecule has 0 aliphatic carbocycles. The first-order valence-corrected chi connectivity index (χ1v) is 3.59. The summed E-state index contributed by atoms with van der Waals surface area (Å²) in [7, 11) is 1.76. The van der Waals surface area contributed by atoms with Gasteiger partial charge in [-0.2, -0.15) is 0 Å². The second-order valence-electron chi connectivity index (χ2n) is 1.91.